The number of nitrogens with zero attached hydrogens (tertiary/aromatic N) is 1. The van der Waals surface area contributed by atoms with Gasteiger partial charge in [0.2, 0.25) is 17.5 Å². The van der Waals surface area contributed by atoms with Crippen molar-refractivity contribution in [2.75, 3.05) is 0 Å². The van der Waals surface area contributed by atoms with E-state index in [0.717, 1.165) is 37.5 Å². The fourth-order valence-corrected chi connectivity index (χ4v) is 6.55. The molecule has 7 heteroatoms. The number of hydrazone groups is 1. The lowest BCUT2D eigenvalue weighted by molar-refractivity contribution is -0.390. The van der Waals surface area contributed by atoms with Gasteiger partial charge in [-0.05, 0) is 62.7 Å². The Balaban J connectivity index is 1.21. The molecule has 0 aromatic heterocycles. The minimum Gasteiger partial charge on any atom is -0.322 e. The number of amides is 1. The first kappa shape index (κ1) is 17.0. The fraction of sp³-hybridized carbons (Fsp3) is 0.895. The fourth-order valence-electron chi connectivity index (χ4n) is 6.55. The zero-order valence-corrected chi connectivity index (χ0v) is 15.2. The van der Waals surface area contributed by atoms with Crippen LogP contribution in [0.15, 0.2) is 5.10 Å². The van der Waals surface area contributed by atoms with Crippen molar-refractivity contribution in [2.24, 2.45) is 40.5 Å². The molecule has 2 spiro atoms. The van der Waals surface area contributed by atoms with Crippen molar-refractivity contribution in [1.82, 2.24) is 5.32 Å². The maximum absolute atomic E-state index is 11.8. The van der Waals surface area contributed by atoms with Crippen molar-refractivity contribution in [3.8, 4) is 0 Å². The molecule has 5 saturated carbocycles. The SMILES string of the molecule is N/N=C/NC(=O)CC1CCC2(CC1)OOC1(O2)C2CC3CC(C2)CC1C3. The molecule has 0 aromatic rings. The zero-order chi connectivity index (χ0) is 17.8. The second-order valence-corrected chi connectivity index (χ2v) is 9.20. The maximum Gasteiger partial charge on any atom is 0.225 e. The van der Waals surface area contributed by atoms with E-state index in [4.69, 9.17) is 20.4 Å². The summed E-state index contributed by atoms with van der Waals surface area (Å²) in [6.45, 7) is 0. The van der Waals surface area contributed by atoms with Gasteiger partial charge in [0.1, 0.15) is 6.34 Å². The van der Waals surface area contributed by atoms with E-state index in [1.54, 1.807) is 0 Å². The lowest BCUT2D eigenvalue weighted by atomic mass is 9.53. The Bertz CT molecular complexity index is 572. The summed E-state index contributed by atoms with van der Waals surface area (Å²) >= 11 is 0. The number of rotatable bonds is 3. The smallest absolute Gasteiger partial charge is 0.225 e. The van der Waals surface area contributed by atoms with Crippen LogP contribution in [0.5, 0.6) is 0 Å². The zero-order valence-electron chi connectivity index (χ0n) is 15.2. The van der Waals surface area contributed by atoms with Gasteiger partial charge in [0.25, 0.3) is 0 Å². The van der Waals surface area contributed by atoms with Crippen molar-refractivity contribution >= 4 is 12.2 Å². The summed E-state index contributed by atoms with van der Waals surface area (Å²) < 4.78 is 6.69. The number of carbonyl (C=O) groups is 1. The maximum atomic E-state index is 11.8. The van der Waals surface area contributed by atoms with E-state index < -0.39 is 11.6 Å². The number of hydrogen-bond donors (Lipinski definition) is 2. The topological polar surface area (TPSA) is 95.2 Å². The van der Waals surface area contributed by atoms with Crippen LogP contribution in [0.3, 0.4) is 0 Å². The van der Waals surface area contributed by atoms with E-state index in [1.807, 2.05) is 0 Å². The number of carbonyl (C=O) groups excluding carboxylic acids is 1. The van der Waals surface area contributed by atoms with Crippen LogP contribution < -0.4 is 11.2 Å². The van der Waals surface area contributed by atoms with Crippen molar-refractivity contribution in [2.45, 2.75) is 75.8 Å². The number of hydrogen-bond acceptors (Lipinski definition) is 6. The standard InChI is InChI=1S/C19H29N3O4/c20-22-11-21-17(23)10-12-1-3-18(4-2-12)24-19(26-25-18)15-6-13-5-14(8-15)9-16(19)7-13/h11-16H,1-10,20H2,(H,21,22,23). The second-order valence-electron chi connectivity index (χ2n) is 9.20. The first-order valence-electron chi connectivity index (χ1n) is 10.2. The first-order chi connectivity index (χ1) is 12.6. The van der Waals surface area contributed by atoms with Crippen LogP contribution in [0.25, 0.3) is 0 Å². The summed E-state index contributed by atoms with van der Waals surface area (Å²) in [5, 5.41) is 5.88. The Kier molecular flexibility index (Phi) is 4.03. The molecule has 5 aliphatic carbocycles. The van der Waals surface area contributed by atoms with Crippen molar-refractivity contribution in [3.05, 3.63) is 0 Å². The third kappa shape index (κ3) is 2.67. The number of nitrogens with one attached hydrogen (secondary N) is 1. The predicted octanol–water partition coefficient (Wildman–Crippen LogP) is 2.41. The normalized spacial score (nSPS) is 49.5. The Hall–Kier alpha value is -1.18. The molecule has 6 aliphatic rings. The Morgan fingerprint density at radius 2 is 1.73 bits per heavy atom. The molecule has 1 amide bonds. The molecule has 144 valence electrons. The van der Waals surface area contributed by atoms with Gasteiger partial charge in [-0.15, -0.1) is 0 Å². The number of nitrogens with two attached hydrogens (primary N) is 1. The van der Waals surface area contributed by atoms with Gasteiger partial charge in [0, 0.05) is 31.1 Å². The average Bonchev–Trinajstić information content (AvgIpc) is 3.00. The van der Waals surface area contributed by atoms with Crippen molar-refractivity contribution < 1.29 is 19.3 Å². The molecule has 3 N–H and O–H groups in total. The quantitative estimate of drug-likeness (QED) is 0.264. The average molecular weight is 363 g/mol. The molecule has 7 nitrogen and oxygen atoms in total. The predicted molar refractivity (Wildman–Crippen MR) is 93.2 cm³/mol. The molecule has 1 aliphatic heterocycles. The summed E-state index contributed by atoms with van der Waals surface area (Å²) in [6.07, 6.45) is 11.5. The highest BCUT2D eigenvalue weighted by Crippen LogP contribution is 2.63. The molecule has 0 aromatic carbocycles. The van der Waals surface area contributed by atoms with E-state index >= 15 is 0 Å². The molecule has 4 bridgehead atoms. The third-order valence-corrected chi connectivity index (χ3v) is 7.59. The minimum atomic E-state index is -0.596. The van der Waals surface area contributed by atoms with E-state index in [9.17, 15) is 4.79 Å². The van der Waals surface area contributed by atoms with Gasteiger partial charge in [0.15, 0.2) is 0 Å². The molecule has 0 radical (unpaired) electrons. The second kappa shape index (κ2) is 6.17. The summed E-state index contributed by atoms with van der Waals surface area (Å²) in [6, 6.07) is 0. The lowest BCUT2D eigenvalue weighted by Crippen LogP contribution is -2.59. The lowest BCUT2D eigenvalue weighted by Gasteiger charge is -2.57. The molecule has 26 heavy (non-hydrogen) atoms. The molecular formula is C19H29N3O4. The van der Waals surface area contributed by atoms with Gasteiger partial charge in [-0.2, -0.15) is 14.9 Å². The van der Waals surface area contributed by atoms with Gasteiger partial charge in [-0.3, -0.25) is 4.79 Å². The highest BCUT2D eigenvalue weighted by molar-refractivity contribution is 5.87. The molecule has 6 rings (SSSR count). The van der Waals surface area contributed by atoms with Gasteiger partial charge >= 0.3 is 0 Å². The molecule has 6 fully saturated rings. The minimum absolute atomic E-state index is 0.0397. The van der Waals surface area contributed by atoms with E-state index in [1.165, 1.54) is 38.4 Å². The molecule has 1 heterocycles. The van der Waals surface area contributed by atoms with Crippen LogP contribution in [-0.2, 0) is 19.3 Å². The van der Waals surface area contributed by atoms with Crippen molar-refractivity contribution in [3.63, 3.8) is 0 Å². The van der Waals surface area contributed by atoms with Gasteiger partial charge in [0.05, 0.1) is 0 Å². The molecular weight excluding hydrogens is 334 g/mol. The third-order valence-electron chi connectivity index (χ3n) is 7.59. The summed E-state index contributed by atoms with van der Waals surface area (Å²) in [4.78, 5) is 23.8. The van der Waals surface area contributed by atoms with Gasteiger partial charge in [-0.1, -0.05) is 0 Å². The van der Waals surface area contributed by atoms with Crippen molar-refractivity contribution in [1.29, 1.82) is 0 Å². The van der Waals surface area contributed by atoms with E-state index in [2.05, 4.69) is 10.4 Å². The highest BCUT2D eigenvalue weighted by Gasteiger charge is 2.66. The molecule has 1 saturated heterocycles. The Morgan fingerprint density at radius 1 is 1.08 bits per heavy atom. The summed E-state index contributed by atoms with van der Waals surface area (Å²) in [5.41, 5.74) is 0. The van der Waals surface area contributed by atoms with Crippen LogP contribution in [0.4, 0.5) is 0 Å². The molecule has 0 unspecified atom stereocenters. The first-order valence-corrected chi connectivity index (χ1v) is 10.2. The summed E-state index contributed by atoms with van der Waals surface area (Å²) in [7, 11) is 0. The molecule has 0 atom stereocenters. The van der Waals surface area contributed by atoms with Crippen LogP contribution in [-0.4, -0.2) is 23.8 Å². The van der Waals surface area contributed by atoms with E-state index in [0.29, 0.717) is 24.2 Å². The summed E-state index contributed by atoms with van der Waals surface area (Å²) in [5.74, 6) is 6.97. The van der Waals surface area contributed by atoms with Crippen LogP contribution in [0, 0.1) is 29.6 Å². The largest absolute Gasteiger partial charge is 0.322 e. The van der Waals surface area contributed by atoms with Crippen LogP contribution >= 0.6 is 0 Å². The van der Waals surface area contributed by atoms with Crippen LogP contribution in [0.1, 0.15) is 64.2 Å². The monoisotopic (exact) mass is 363 g/mol. The van der Waals surface area contributed by atoms with E-state index in [-0.39, 0.29) is 5.91 Å². The Labute approximate surface area is 153 Å². The highest BCUT2D eigenvalue weighted by atomic mass is 17.3. The van der Waals surface area contributed by atoms with Gasteiger partial charge in [-0.25, -0.2) is 0 Å². The Morgan fingerprint density at radius 3 is 2.35 bits per heavy atom. The van der Waals surface area contributed by atoms with Crippen LogP contribution in [0.2, 0.25) is 0 Å². The van der Waals surface area contributed by atoms with Gasteiger partial charge < -0.3 is 15.9 Å². The number of ether oxygens (including phenoxy) is 1.